The zero-order valence-corrected chi connectivity index (χ0v) is 7.19. The van der Waals surface area contributed by atoms with Gasteiger partial charge in [0.1, 0.15) is 0 Å². The van der Waals surface area contributed by atoms with Gasteiger partial charge in [0.2, 0.25) is 5.91 Å². The first kappa shape index (κ1) is 8.05. The molecule has 0 saturated heterocycles. The summed E-state index contributed by atoms with van der Waals surface area (Å²) in [6.07, 6.45) is 2.59. The molecule has 60 valence electrons. The van der Waals surface area contributed by atoms with E-state index in [0.717, 1.165) is 11.3 Å². The summed E-state index contributed by atoms with van der Waals surface area (Å²) in [4.78, 5) is 10.9. The fraction of sp³-hybridized carbons (Fsp3) is 0.444. The molecule has 0 saturated carbocycles. The van der Waals surface area contributed by atoms with Crippen molar-refractivity contribution in [1.29, 1.82) is 0 Å². The molecule has 0 aliphatic carbocycles. The van der Waals surface area contributed by atoms with E-state index in [0.29, 0.717) is 6.42 Å². The highest BCUT2D eigenvalue weighted by atomic mass is 16.1. The van der Waals surface area contributed by atoms with Crippen LogP contribution in [0.15, 0.2) is 22.9 Å². The van der Waals surface area contributed by atoms with Gasteiger partial charge in [0.15, 0.2) is 0 Å². The topological polar surface area (TPSA) is 29.1 Å². The van der Waals surface area contributed by atoms with Gasteiger partial charge in [-0.1, -0.05) is 11.6 Å². The molecule has 2 nitrogen and oxygen atoms in total. The van der Waals surface area contributed by atoms with Gasteiger partial charge < -0.3 is 5.32 Å². The maximum absolute atomic E-state index is 10.9. The van der Waals surface area contributed by atoms with Crippen molar-refractivity contribution in [3.05, 3.63) is 22.9 Å². The molecule has 1 rings (SSSR count). The second-order valence-electron chi connectivity index (χ2n) is 3.10. The molecular formula is C9H13NO. The van der Waals surface area contributed by atoms with Crippen LogP contribution in [-0.2, 0) is 4.79 Å². The van der Waals surface area contributed by atoms with Crippen LogP contribution in [0.4, 0.5) is 0 Å². The molecule has 0 bridgehead atoms. The predicted octanol–water partition coefficient (Wildman–Crippen LogP) is 1.75. The minimum absolute atomic E-state index is 0.106. The van der Waals surface area contributed by atoms with Gasteiger partial charge >= 0.3 is 0 Å². The van der Waals surface area contributed by atoms with Gasteiger partial charge in [0.05, 0.1) is 6.42 Å². The van der Waals surface area contributed by atoms with Crippen LogP contribution in [0.3, 0.4) is 0 Å². The van der Waals surface area contributed by atoms with E-state index in [9.17, 15) is 4.79 Å². The van der Waals surface area contributed by atoms with Crippen LogP contribution in [0.5, 0.6) is 0 Å². The number of carbonyl (C=O) groups is 1. The predicted molar refractivity (Wildman–Crippen MR) is 44.9 cm³/mol. The van der Waals surface area contributed by atoms with E-state index in [1.54, 1.807) is 0 Å². The van der Waals surface area contributed by atoms with E-state index in [1.807, 2.05) is 26.8 Å². The fourth-order valence-corrected chi connectivity index (χ4v) is 1.15. The Hall–Kier alpha value is -1.05. The molecular weight excluding hydrogens is 138 g/mol. The van der Waals surface area contributed by atoms with Gasteiger partial charge in [-0.2, -0.15) is 0 Å². The van der Waals surface area contributed by atoms with Crippen molar-refractivity contribution in [3.8, 4) is 0 Å². The van der Waals surface area contributed by atoms with E-state index in [1.165, 1.54) is 5.57 Å². The van der Waals surface area contributed by atoms with Crippen molar-refractivity contribution >= 4 is 5.91 Å². The maximum Gasteiger partial charge on any atom is 0.228 e. The van der Waals surface area contributed by atoms with Gasteiger partial charge in [-0.05, 0) is 26.3 Å². The van der Waals surface area contributed by atoms with Crippen molar-refractivity contribution in [1.82, 2.24) is 5.32 Å². The lowest BCUT2D eigenvalue weighted by Crippen LogP contribution is -2.12. The summed E-state index contributed by atoms with van der Waals surface area (Å²) in [7, 11) is 0. The SMILES string of the molecule is CC(C)=CC1=C(C)NC(=O)C1. The van der Waals surface area contributed by atoms with Crippen LogP contribution in [-0.4, -0.2) is 5.91 Å². The second kappa shape index (κ2) is 2.91. The van der Waals surface area contributed by atoms with Crippen LogP contribution in [0, 0.1) is 0 Å². The first-order chi connectivity index (χ1) is 5.09. The van der Waals surface area contributed by atoms with Gasteiger partial charge in [-0.25, -0.2) is 0 Å². The molecule has 1 heterocycles. The van der Waals surface area contributed by atoms with Crippen molar-refractivity contribution in [2.75, 3.05) is 0 Å². The molecule has 0 spiro atoms. The minimum Gasteiger partial charge on any atom is -0.329 e. The second-order valence-corrected chi connectivity index (χ2v) is 3.10. The standard InChI is InChI=1S/C9H13NO/c1-6(2)4-8-5-9(11)10-7(8)3/h4H,5H2,1-3H3,(H,10,11). The number of carbonyl (C=O) groups excluding carboxylic acids is 1. The Balaban J connectivity index is 2.81. The summed E-state index contributed by atoms with van der Waals surface area (Å²) >= 11 is 0. The molecule has 0 aromatic rings. The zero-order valence-electron chi connectivity index (χ0n) is 7.19. The number of nitrogens with one attached hydrogen (secondary N) is 1. The van der Waals surface area contributed by atoms with Gasteiger partial charge in [0, 0.05) is 5.70 Å². The smallest absolute Gasteiger partial charge is 0.228 e. The molecule has 2 heteroatoms. The molecule has 0 aromatic heterocycles. The summed E-state index contributed by atoms with van der Waals surface area (Å²) in [6, 6.07) is 0. The third kappa shape index (κ3) is 1.93. The van der Waals surface area contributed by atoms with E-state index in [4.69, 9.17) is 0 Å². The number of rotatable bonds is 1. The van der Waals surface area contributed by atoms with Crippen molar-refractivity contribution in [2.24, 2.45) is 0 Å². The van der Waals surface area contributed by atoms with Gasteiger partial charge in [-0.3, -0.25) is 4.79 Å². The summed E-state index contributed by atoms with van der Waals surface area (Å²) in [5, 5.41) is 2.77. The van der Waals surface area contributed by atoms with Crippen LogP contribution in [0.1, 0.15) is 27.2 Å². The van der Waals surface area contributed by atoms with E-state index in [-0.39, 0.29) is 5.91 Å². The fourth-order valence-electron chi connectivity index (χ4n) is 1.15. The molecule has 0 radical (unpaired) electrons. The number of allylic oxidation sites excluding steroid dienone is 3. The third-order valence-corrected chi connectivity index (χ3v) is 1.62. The first-order valence-electron chi connectivity index (χ1n) is 3.74. The first-order valence-corrected chi connectivity index (χ1v) is 3.74. The summed E-state index contributed by atoms with van der Waals surface area (Å²) in [5.74, 6) is 0.106. The lowest BCUT2D eigenvalue weighted by Gasteiger charge is -1.94. The third-order valence-electron chi connectivity index (χ3n) is 1.62. The Morgan fingerprint density at radius 2 is 2.18 bits per heavy atom. The molecule has 1 N–H and O–H groups in total. The molecule has 1 aliphatic rings. The number of hydrogen-bond donors (Lipinski definition) is 1. The molecule has 1 aliphatic heterocycles. The highest BCUT2D eigenvalue weighted by molar-refractivity contribution is 5.84. The molecule has 0 aromatic carbocycles. The monoisotopic (exact) mass is 151 g/mol. The quantitative estimate of drug-likeness (QED) is 0.607. The van der Waals surface area contributed by atoms with Crippen molar-refractivity contribution in [3.63, 3.8) is 0 Å². The Labute approximate surface area is 67.0 Å². The molecule has 0 unspecified atom stereocenters. The lowest BCUT2D eigenvalue weighted by atomic mass is 10.1. The van der Waals surface area contributed by atoms with Crippen LogP contribution in [0.2, 0.25) is 0 Å². The average molecular weight is 151 g/mol. The minimum atomic E-state index is 0.106. The summed E-state index contributed by atoms with van der Waals surface area (Å²) < 4.78 is 0. The molecule has 11 heavy (non-hydrogen) atoms. The molecule has 1 amide bonds. The number of amides is 1. The Bertz CT molecular complexity index is 244. The Morgan fingerprint density at radius 1 is 1.55 bits per heavy atom. The van der Waals surface area contributed by atoms with Crippen LogP contribution < -0.4 is 5.32 Å². The Kier molecular flexibility index (Phi) is 2.13. The van der Waals surface area contributed by atoms with Crippen molar-refractivity contribution in [2.45, 2.75) is 27.2 Å². The normalized spacial score (nSPS) is 16.8. The highest BCUT2D eigenvalue weighted by Gasteiger charge is 2.14. The summed E-state index contributed by atoms with van der Waals surface area (Å²) in [6.45, 7) is 5.99. The maximum atomic E-state index is 10.9. The lowest BCUT2D eigenvalue weighted by molar-refractivity contribution is -0.118. The molecule has 0 atom stereocenters. The van der Waals surface area contributed by atoms with Crippen molar-refractivity contribution < 1.29 is 4.79 Å². The van der Waals surface area contributed by atoms with E-state index < -0.39 is 0 Å². The average Bonchev–Trinajstić information content (AvgIpc) is 2.09. The largest absolute Gasteiger partial charge is 0.329 e. The number of hydrogen-bond acceptors (Lipinski definition) is 1. The zero-order chi connectivity index (χ0) is 8.43. The van der Waals surface area contributed by atoms with E-state index >= 15 is 0 Å². The van der Waals surface area contributed by atoms with Crippen LogP contribution in [0.25, 0.3) is 0 Å². The van der Waals surface area contributed by atoms with Gasteiger partial charge in [-0.15, -0.1) is 0 Å². The van der Waals surface area contributed by atoms with E-state index in [2.05, 4.69) is 5.32 Å². The molecule has 0 fully saturated rings. The van der Waals surface area contributed by atoms with Gasteiger partial charge in [0.25, 0.3) is 0 Å². The van der Waals surface area contributed by atoms with Crippen LogP contribution >= 0.6 is 0 Å². The highest BCUT2D eigenvalue weighted by Crippen LogP contribution is 2.16. The summed E-state index contributed by atoms with van der Waals surface area (Å²) in [5.41, 5.74) is 3.35. The Morgan fingerprint density at radius 3 is 2.55 bits per heavy atom.